The summed E-state index contributed by atoms with van der Waals surface area (Å²) in [6, 6.07) is 26.5. The molecule has 0 aliphatic rings. The van der Waals surface area contributed by atoms with Crippen molar-refractivity contribution in [3.63, 3.8) is 0 Å². The lowest BCUT2D eigenvalue weighted by atomic mass is 10.00. The Bertz CT molecular complexity index is 1460. The molecule has 3 amide bonds. The number of aryl methyl sites for hydroxylation is 1. The van der Waals surface area contributed by atoms with E-state index in [9.17, 15) is 14.4 Å². The Balaban J connectivity index is 1.56. The molecule has 0 aromatic heterocycles. The molecule has 8 heteroatoms. The smallest absolute Gasteiger partial charge is 0.274 e. The summed E-state index contributed by atoms with van der Waals surface area (Å²) in [5.74, 6) is -0.442. The van der Waals surface area contributed by atoms with Crippen LogP contribution in [-0.2, 0) is 6.42 Å². The number of methoxy groups -OCH3 is 1. The summed E-state index contributed by atoms with van der Waals surface area (Å²) in [5, 5.41) is 14.7. The summed E-state index contributed by atoms with van der Waals surface area (Å²) in [5.41, 5.74) is 6.71. The molecule has 4 aromatic carbocycles. The number of carbonyl (C=O) groups excluding carboxylic acids is 3. The molecule has 0 atom stereocenters. The molecule has 0 radical (unpaired) electrons. The minimum Gasteiger partial charge on any atom is -0.497 e. The van der Waals surface area contributed by atoms with E-state index in [0.29, 0.717) is 35.3 Å². The van der Waals surface area contributed by atoms with Crippen LogP contribution in [0.4, 0.5) is 5.69 Å². The first-order valence-corrected chi connectivity index (χ1v) is 12.4. The van der Waals surface area contributed by atoms with Gasteiger partial charge in [0.15, 0.2) is 0 Å². The fraction of sp³-hybridized carbons (Fsp3) is 0.129. The van der Waals surface area contributed by atoms with Crippen molar-refractivity contribution in [2.24, 2.45) is 0 Å². The van der Waals surface area contributed by atoms with Crippen LogP contribution in [0.2, 0.25) is 0 Å². The standard InChI is InChI=1S/C31H29N3O5/c1-20-3-7-23(8-4-20)30(36)33-27-18-25(22-9-11-24(12-10-22)31(37)34-38)17-26(19-27)29(35)32-16-15-21-5-13-28(39-2)14-6-21/h3-14,17-19,38H,15-16H2,1-2H3,(H,32,35)(H,33,36)(H,34,37). The Labute approximate surface area is 226 Å². The highest BCUT2D eigenvalue weighted by Gasteiger charge is 2.13. The summed E-state index contributed by atoms with van der Waals surface area (Å²) >= 11 is 0. The average Bonchev–Trinajstić information content (AvgIpc) is 2.97. The van der Waals surface area contributed by atoms with Crippen molar-refractivity contribution in [1.29, 1.82) is 0 Å². The number of benzene rings is 4. The molecule has 0 saturated carbocycles. The van der Waals surface area contributed by atoms with Crippen LogP contribution in [0.25, 0.3) is 11.1 Å². The molecule has 4 aromatic rings. The SMILES string of the molecule is COc1ccc(CCNC(=O)c2cc(NC(=O)c3ccc(C)cc3)cc(-c3ccc(C(=O)NO)cc3)c2)cc1. The number of nitrogens with one attached hydrogen (secondary N) is 3. The lowest BCUT2D eigenvalue weighted by molar-refractivity contribution is 0.0706. The van der Waals surface area contributed by atoms with E-state index in [1.54, 1.807) is 67.2 Å². The second kappa shape index (κ2) is 12.5. The third kappa shape index (κ3) is 7.09. The molecule has 0 bridgehead atoms. The summed E-state index contributed by atoms with van der Waals surface area (Å²) in [7, 11) is 1.61. The van der Waals surface area contributed by atoms with Gasteiger partial charge in [0, 0.05) is 28.9 Å². The van der Waals surface area contributed by atoms with Gasteiger partial charge in [-0.3, -0.25) is 19.6 Å². The number of anilines is 1. The second-order valence-corrected chi connectivity index (χ2v) is 8.99. The fourth-order valence-electron chi connectivity index (χ4n) is 4.00. The minimum atomic E-state index is -0.627. The van der Waals surface area contributed by atoms with E-state index in [2.05, 4.69) is 10.6 Å². The molecule has 4 N–H and O–H groups in total. The molecule has 0 spiro atoms. The predicted molar refractivity (Wildman–Crippen MR) is 149 cm³/mol. The maximum atomic E-state index is 13.1. The maximum absolute atomic E-state index is 13.1. The van der Waals surface area contributed by atoms with Crippen molar-refractivity contribution in [2.45, 2.75) is 13.3 Å². The van der Waals surface area contributed by atoms with Crippen LogP contribution < -0.4 is 20.9 Å². The first kappa shape index (κ1) is 27.1. The third-order valence-electron chi connectivity index (χ3n) is 6.21. The van der Waals surface area contributed by atoms with Crippen molar-refractivity contribution in [1.82, 2.24) is 10.8 Å². The minimum absolute atomic E-state index is 0.279. The van der Waals surface area contributed by atoms with Crippen molar-refractivity contribution < 1.29 is 24.3 Å². The van der Waals surface area contributed by atoms with Gasteiger partial charge in [0.2, 0.25) is 0 Å². The number of rotatable bonds is 9. The average molecular weight is 524 g/mol. The zero-order valence-corrected chi connectivity index (χ0v) is 21.7. The zero-order chi connectivity index (χ0) is 27.8. The van der Waals surface area contributed by atoms with E-state index in [1.165, 1.54) is 0 Å². The van der Waals surface area contributed by atoms with Gasteiger partial charge in [-0.25, -0.2) is 5.48 Å². The molecule has 4 rings (SSSR count). The number of amides is 3. The third-order valence-corrected chi connectivity index (χ3v) is 6.21. The first-order valence-electron chi connectivity index (χ1n) is 12.4. The molecule has 39 heavy (non-hydrogen) atoms. The Kier molecular flexibility index (Phi) is 8.71. The Hall–Kier alpha value is -4.95. The second-order valence-electron chi connectivity index (χ2n) is 8.99. The summed E-state index contributed by atoms with van der Waals surface area (Å²) in [6.07, 6.45) is 0.640. The molecule has 198 valence electrons. The quantitative estimate of drug-likeness (QED) is 0.182. The van der Waals surface area contributed by atoms with Crippen LogP contribution in [0.5, 0.6) is 5.75 Å². The van der Waals surface area contributed by atoms with Gasteiger partial charge in [-0.2, -0.15) is 0 Å². The molecular weight excluding hydrogens is 494 g/mol. The highest BCUT2D eigenvalue weighted by Crippen LogP contribution is 2.26. The van der Waals surface area contributed by atoms with E-state index in [-0.39, 0.29) is 17.4 Å². The highest BCUT2D eigenvalue weighted by atomic mass is 16.5. The van der Waals surface area contributed by atoms with Gasteiger partial charge < -0.3 is 15.4 Å². The van der Waals surface area contributed by atoms with Gasteiger partial charge in [-0.05, 0) is 84.6 Å². The van der Waals surface area contributed by atoms with Gasteiger partial charge in [0.1, 0.15) is 5.75 Å². The molecule has 0 heterocycles. The fourth-order valence-corrected chi connectivity index (χ4v) is 4.00. The monoisotopic (exact) mass is 523 g/mol. The first-order chi connectivity index (χ1) is 18.9. The molecule has 0 fully saturated rings. The van der Waals surface area contributed by atoms with Crippen LogP contribution in [0.15, 0.2) is 91.0 Å². The number of carbonyl (C=O) groups is 3. The summed E-state index contributed by atoms with van der Waals surface area (Å²) in [4.78, 5) is 37.7. The van der Waals surface area contributed by atoms with E-state index < -0.39 is 5.91 Å². The largest absolute Gasteiger partial charge is 0.497 e. The maximum Gasteiger partial charge on any atom is 0.274 e. The zero-order valence-electron chi connectivity index (χ0n) is 21.7. The Morgan fingerprint density at radius 3 is 2.00 bits per heavy atom. The lowest BCUT2D eigenvalue weighted by Gasteiger charge is -2.13. The van der Waals surface area contributed by atoms with Crippen molar-refractivity contribution in [3.05, 3.63) is 119 Å². The van der Waals surface area contributed by atoms with Gasteiger partial charge >= 0.3 is 0 Å². The van der Waals surface area contributed by atoms with Crippen LogP contribution in [0, 0.1) is 6.92 Å². The number of hydrogen-bond acceptors (Lipinski definition) is 5. The number of hydrogen-bond donors (Lipinski definition) is 4. The van der Waals surface area contributed by atoms with E-state index in [0.717, 1.165) is 22.4 Å². The van der Waals surface area contributed by atoms with Crippen molar-refractivity contribution in [2.75, 3.05) is 19.0 Å². The molecule has 0 saturated heterocycles. The predicted octanol–water partition coefficient (Wildman–Crippen LogP) is 5.01. The Morgan fingerprint density at radius 2 is 1.36 bits per heavy atom. The van der Waals surface area contributed by atoms with Crippen LogP contribution in [0.3, 0.4) is 0 Å². The molecule has 0 aliphatic carbocycles. The molecule has 0 aliphatic heterocycles. The summed E-state index contributed by atoms with van der Waals surface area (Å²) in [6.45, 7) is 2.37. The van der Waals surface area contributed by atoms with Gasteiger partial charge in [0.05, 0.1) is 7.11 Å². The van der Waals surface area contributed by atoms with E-state index >= 15 is 0 Å². The molecule has 0 unspecified atom stereocenters. The molecular formula is C31H29N3O5. The highest BCUT2D eigenvalue weighted by molar-refractivity contribution is 6.06. The number of ether oxygens (including phenoxy) is 1. The molecule has 8 nitrogen and oxygen atoms in total. The topological polar surface area (TPSA) is 117 Å². The van der Waals surface area contributed by atoms with Gasteiger partial charge in [0.25, 0.3) is 17.7 Å². The Morgan fingerprint density at radius 1 is 0.718 bits per heavy atom. The van der Waals surface area contributed by atoms with E-state index in [1.807, 2.05) is 43.3 Å². The van der Waals surface area contributed by atoms with Gasteiger partial charge in [-0.1, -0.05) is 42.0 Å². The van der Waals surface area contributed by atoms with Crippen LogP contribution >= 0.6 is 0 Å². The normalized spacial score (nSPS) is 10.4. The van der Waals surface area contributed by atoms with Gasteiger partial charge in [-0.15, -0.1) is 0 Å². The van der Waals surface area contributed by atoms with Crippen LogP contribution in [-0.4, -0.2) is 36.6 Å². The van der Waals surface area contributed by atoms with Crippen LogP contribution in [0.1, 0.15) is 42.2 Å². The number of hydroxylamine groups is 1. The van der Waals surface area contributed by atoms with Crippen molar-refractivity contribution >= 4 is 23.4 Å². The van der Waals surface area contributed by atoms with Crippen molar-refractivity contribution in [3.8, 4) is 16.9 Å². The van der Waals surface area contributed by atoms with E-state index in [4.69, 9.17) is 9.94 Å². The summed E-state index contributed by atoms with van der Waals surface area (Å²) < 4.78 is 5.18. The lowest BCUT2D eigenvalue weighted by Crippen LogP contribution is -2.26.